The second-order valence-corrected chi connectivity index (χ2v) is 2.41. The summed E-state index contributed by atoms with van der Waals surface area (Å²) in [7, 11) is 0. The number of hydrogen-bond acceptors (Lipinski definition) is 3. The number of cyclic esters (lactones) is 1. The normalized spacial score (nSPS) is 28.3. The second-order valence-electron chi connectivity index (χ2n) is 2.41. The van der Waals surface area contributed by atoms with Crippen LogP contribution in [0.5, 0.6) is 0 Å². The average Bonchev–Trinajstić information content (AvgIpc) is 2.04. The third kappa shape index (κ3) is 1.48. The van der Waals surface area contributed by atoms with E-state index in [4.69, 9.17) is 4.74 Å². The van der Waals surface area contributed by atoms with Gasteiger partial charge in [-0.25, -0.2) is 4.79 Å². The van der Waals surface area contributed by atoms with Gasteiger partial charge in [-0.1, -0.05) is 6.08 Å². The maximum Gasteiger partial charge on any atom is 0.334 e. The summed E-state index contributed by atoms with van der Waals surface area (Å²) in [4.78, 5) is 21.4. The Labute approximate surface area is 65.0 Å². The molecule has 0 aromatic carbocycles. The Morgan fingerprint density at radius 2 is 2.36 bits per heavy atom. The summed E-state index contributed by atoms with van der Waals surface area (Å²) >= 11 is 0. The molecule has 11 heavy (non-hydrogen) atoms. The summed E-state index contributed by atoms with van der Waals surface area (Å²) in [5, 5.41) is 0. The van der Waals surface area contributed by atoms with Crippen LogP contribution in [0.25, 0.3) is 0 Å². The van der Waals surface area contributed by atoms with Crippen molar-refractivity contribution < 1.29 is 14.3 Å². The van der Waals surface area contributed by atoms with Gasteiger partial charge in [-0.05, 0) is 13.3 Å². The Balaban J connectivity index is 2.80. The monoisotopic (exact) mass is 154 g/mol. The third-order valence-electron chi connectivity index (χ3n) is 1.77. The van der Waals surface area contributed by atoms with E-state index in [1.54, 1.807) is 13.0 Å². The molecule has 1 aliphatic rings. The van der Waals surface area contributed by atoms with Crippen molar-refractivity contribution >= 4 is 12.3 Å². The minimum atomic E-state index is -0.351. The van der Waals surface area contributed by atoms with Crippen molar-refractivity contribution in [2.45, 2.75) is 13.3 Å². The SMILES string of the molecule is C/C=C1/C(=O)OCC[C@@H]1C=O. The Morgan fingerprint density at radius 3 is 2.82 bits per heavy atom. The maximum atomic E-state index is 10.9. The lowest BCUT2D eigenvalue weighted by Gasteiger charge is -2.19. The summed E-state index contributed by atoms with van der Waals surface area (Å²) in [6.07, 6.45) is 3.06. The van der Waals surface area contributed by atoms with Crippen LogP contribution in [0.4, 0.5) is 0 Å². The van der Waals surface area contributed by atoms with Crippen molar-refractivity contribution in [2.75, 3.05) is 6.61 Å². The van der Waals surface area contributed by atoms with Crippen LogP contribution in [-0.2, 0) is 14.3 Å². The molecular weight excluding hydrogens is 144 g/mol. The van der Waals surface area contributed by atoms with E-state index in [0.717, 1.165) is 6.29 Å². The molecule has 0 aromatic rings. The highest BCUT2D eigenvalue weighted by Gasteiger charge is 2.25. The van der Waals surface area contributed by atoms with Gasteiger partial charge >= 0.3 is 5.97 Å². The molecule has 60 valence electrons. The van der Waals surface area contributed by atoms with Crippen LogP contribution >= 0.6 is 0 Å². The number of rotatable bonds is 1. The molecule has 0 aliphatic carbocycles. The molecule has 1 saturated heterocycles. The van der Waals surface area contributed by atoms with Crippen LogP contribution in [0.2, 0.25) is 0 Å². The van der Waals surface area contributed by atoms with Gasteiger partial charge in [-0.3, -0.25) is 0 Å². The predicted octanol–water partition coefficient (Wildman–Crippen LogP) is 0.695. The van der Waals surface area contributed by atoms with Gasteiger partial charge in [0.1, 0.15) is 6.29 Å². The topological polar surface area (TPSA) is 43.4 Å². The predicted molar refractivity (Wildman–Crippen MR) is 38.9 cm³/mol. The van der Waals surface area contributed by atoms with Crippen LogP contribution in [0, 0.1) is 5.92 Å². The summed E-state index contributed by atoms with van der Waals surface area (Å²) in [5.74, 6) is -0.600. The summed E-state index contributed by atoms with van der Waals surface area (Å²) in [6, 6.07) is 0. The van der Waals surface area contributed by atoms with Crippen molar-refractivity contribution in [3.05, 3.63) is 11.6 Å². The van der Waals surface area contributed by atoms with E-state index in [-0.39, 0.29) is 11.9 Å². The number of hydrogen-bond donors (Lipinski definition) is 0. The molecule has 1 fully saturated rings. The van der Waals surface area contributed by atoms with Crippen molar-refractivity contribution in [2.24, 2.45) is 5.92 Å². The second kappa shape index (κ2) is 3.32. The lowest BCUT2D eigenvalue weighted by molar-refractivity contribution is -0.143. The molecule has 0 unspecified atom stereocenters. The molecule has 1 atom stereocenters. The fraction of sp³-hybridized carbons (Fsp3) is 0.500. The van der Waals surface area contributed by atoms with Crippen LogP contribution in [0.1, 0.15) is 13.3 Å². The third-order valence-corrected chi connectivity index (χ3v) is 1.77. The Morgan fingerprint density at radius 1 is 1.64 bits per heavy atom. The van der Waals surface area contributed by atoms with Gasteiger partial charge in [0.05, 0.1) is 6.61 Å². The molecule has 1 aliphatic heterocycles. The molecular formula is C8H10O3. The van der Waals surface area contributed by atoms with Crippen molar-refractivity contribution in [1.29, 1.82) is 0 Å². The highest BCUT2D eigenvalue weighted by atomic mass is 16.5. The van der Waals surface area contributed by atoms with Crippen molar-refractivity contribution in [3.8, 4) is 0 Å². The van der Waals surface area contributed by atoms with E-state index in [9.17, 15) is 9.59 Å². The zero-order valence-corrected chi connectivity index (χ0v) is 6.37. The van der Waals surface area contributed by atoms with Gasteiger partial charge in [0.25, 0.3) is 0 Å². The van der Waals surface area contributed by atoms with Crippen LogP contribution in [0.3, 0.4) is 0 Å². The van der Waals surface area contributed by atoms with Gasteiger partial charge in [-0.15, -0.1) is 0 Å². The quantitative estimate of drug-likeness (QED) is 0.317. The van der Waals surface area contributed by atoms with Gasteiger partial charge in [-0.2, -0.15) is 0 Å². The molecule has 3 heteroatoms. The van der Waals surface area contributed by atoms with Gasteiger partial charge in [0.15, 0.2) is 0 Å². The standard InChI is InChI=1S/C8H10O3/c1-2-7-6(5-9)3-4-11-8(7)10/h2,5-6H,3-4H2,1H3/b7-2+/t6-/m1/s1. The molecule has 1 heterocycles. The number of aldehydes is 1. The van der Waals surface area contributed by atoms with E-state index < -0.39 is 0 Å². The smallest absolute Gasteiger partial charge is 0.334 e. The lowest BCUT2D eigenvalue weighted by atomic mass is 9.95. The van der Waals surface area contributed by atoms with Crippen LogP contribution in [-0.4, -0.2) is 18.9 Å². The van der Waals surface area contributed by atoms with E-state index in [0.29, 0.717) is 18.6 Å². The van der Waals surface area contributed by atoms with Crippen LogP contribution in [0.15, 0.2) is 11.6 Å². The molecule has 0 aromatic heterocycles. The highest BCUT2D eigenvalue weighted by molar-refractivity contribution is 5.93. The van der Waals surface area contributed by atoms with Crippen molar-refractivity contribution in [3.63, 3.8) is 0 Å². The first kappa shape index (κ1) is 7.98. The molecule has 0 radical (unpaired) electrons. The summed E-state index contributed by atoms with van der Waals surface area (Å²) in [6.45, 7) is 2.10. The molecule has 1 rings (SSSR count). The number of ether oxygens (including phenoxy) is 1. The summed E-state index contributed by atoms with van der Waals surface area (Å²) < 4.78 is 4.75. The van der Waals surface area contributed by atoms with E-state index >= 15 is 0 Å². The average molecular weight is 154 g/mol. The molecule has 0 bridgehead atoms. The highest BCUT2D eigenvalue weighted by Crippen LogP contribution is 2.19. The zero-order valence-electron chi connectivity index (χ0n) is 6.37. The zero-order chi connectivity index (χ0) is 8.27. The van der Waals surface area contributed by atoms with Crippen molar-refractivity contribution in [1.82, 2.24) is 0 Å². The van der Waals surface area contributed by atoms with Gasteiger partial charge < -0.3 is 9.53 Å². The van der Waals surface area contributed by atoms with E-state index in [1.807, 2.05) is 0 Å². The fourth-order valence-electron chi connectivity index (χ4n) is 1.14. The number of esters is 1. The molecule has 0 spiro atoms. The Bertz CT molecular complexity index is 205. The number of allylic oxidation sites excluding steroid dienone is 1. The van der Waals surface area contributed by atoms with E-state index in [2.05, 4.69) is 0 Å². The summed E-state index contributed by atoms with van der Waals surface area (Å²) in [5.41, 5.74) is 0.492. The van der Waals surface area contributed by atoms with Gasteiger partial charge in [0.2, 0.25) is 0 Å². The Hall–Kier alpha value is -1.12. The minimum absolute atomic E-state index is 0.249. The van der Waals surface area contributed by atoms with Gasteiger partial charge in [0, 0.05) is 11.5 Å². The molecule has 0 N–H and O–H groups in total. The lowest BCUT2D eigenvalue weighted by Crippen LogP contribution is -2.25. The first-order valence-electron chi connectivity index (χ1n) is 3.58. The first-order chi connectivity index (χ1) is 5.29. The molecule has 0 saturated carbocycles. The van der Waals surface area contributed by atoms with E-state index in [1.165, 1.54) is 0 Å². The maximum absolute atomic E-state index is 10.9. The first-order valence-corrected chi connectivity index (χ1v) is 3.58. The minimum Gasteiger partial charge on any atom is -0.462 e. The number of carbonyl (C=O) groups excluding carboxylic acids is 2. The number of carbonyl (C=O) groups is 2. The van der Waals surface area contributed by atoms with Crippen LogP contribution < -0.4 is 0 Å². The molecule has 0 amide bonds. The Kier molecular flexibility index (Phi) is 2.41. The molecule has 3 nitrogen and oxygen atoms in total. The largest absolute Gasteiger partial charge is 0.462 e. The fourth-order valence-corrected chi connectivity index (χ4v) is 1.14.